The van der Waals surface area contributed by atoms with Crippen LogP contribution >= 0.6 is 0 Å². The van der Waals surface area contributed by atoms with Crippen LogP contribution in [0.5, 0.6) is 5.75 Å². The second-order valence-corrected chi connectivity index (χ2v) is 8.04. The molecule has 2 aliphatic heterocycles. The maximum absolute atomic E-state index is 13.0. The Kier molecular flexibility index (Phi) is 4.60. The number of likely N-dealkylation sites (tertiary alicyclic amines) is 1. The van der Waals surface area contributed by atoms with Crippen molar-refractivity contribution in [3.05, 3.63) is 23.8 Å². The number of hydrogen-bond acceptors (Lipinski definition) is 4. The van der Waals surface area contributed by atoms with Crippen LogP contribution in [0.3, 0.4) is 0 Å². The standard InChI is InChI=1S/C20H30N2O2/c1-13-7-6-8-14(2)22(13)15(3)19(23)16-9-10-18-17(11-16)21-12-20(4,5)24-18/h9-11,13-15,21H,6-8,12H2,1-5H3. The van der Waals surface area contributed by atoms with Crippen molar-refractivity contribution in [3.63, 3.8) is 0 Å². The van der Waals surface area contributed by atoms with Crippen LogP contribution < -0.4 is 10.1 Å². The van der Waals surface area contributed by atoms with Crippen LogP contribution in [0.4, 0.5) is 5.69 Å². The Bertz CT molecular complexity index is 616. The Morgan fingerprint density at radius 3 is 2.62 bits per heavy atom. The zero-order valence-electron chi connectivity index (χ0n) is 15.6. The van der Waals surface area contributed by atoms with E-state index in [4.69, 9.17) is 4.74 Å². The van der Waals surface area contributed by atoms with E-state index in [1.807, 2.05) is 25.1 Å². The molecular weight excluding hydrogens is 300 g/mol. The van der Waals surface area contributed by atoms with E-state index >= 15 is 0 Å². The van der Waals surface area contributed by atoms with Gasteiger partial charge in [0.25, 0.3) is 0 Å². The van der Waals surface area contributed by atoms with Gasteiger partial charge in [-0.1, -0.05) is 6.42 Å². The third-order valence-electron chi connectivity index (χ3n) is 5.44. The van der Waals surface area contributed by atoms with E-state index < -0.39 is 0 Å². The minimum atomic E-state index is -0.218. The zero-order chi connectivity index (χ0) is 17.5. The Hall–Kier alpha value is -1.55. The number of carbonyl (C=O) groups is 1. The van der Waals surface area contributed by atoms with Gasteiger partial charge in [0.2, 0.25) is 0 Å². The number of ether oxygens (including phenoxy) is 1. The van der Waals surface area contributed by atoms with Gasteiger partial charge < -0.3 is 10.1 Å². The van der Waals surface area contributed by atoms with Crippen molar-refractivity contribution in [2.24, 2.45) is 0 Å². The van der Waals surface area contributed by atoms with Crippen LogP contribution in [0.2, 0.25) is 0 Å². The molecule has 1 saturated heterocycles. The highest BCUT2D eigenvalue weighted by molar-refractivity contribution is 6.01. The molecule has 0 bridgehead atoms. The number of piperidine rings is 1. The molecule has 3 atom stereocenters. The molecule has 0 radical (unpaired) electrons. The summed E-state index contributed by atoms with van der Waals surface area (Å²) in [6.45, 7) is 11.4. The summed E-state index contributed by atoms with van der Waals surface area (Å²) in [6.07, 6.45) is 3.61. The zero-order valence-corrected chi connectivity index (χ0v) is 15.6. The van der Waals surface area contributed by atoms with Crippen molar-refractivity contribution in [3.8, 4) is 5.75 Å². The summed E-state index contributed by atoms with van der Waals surface area (Å²) in [7, 11) is 0. The summed E-state index contributed by atoms with van der Waals surface area (Å²) >= 11 is 0. The average molecular weight is 330 g/mol. The Labute approximate surface area is 145 Å². The number of ketones is 1. The van der Waals surface area contributed by atoms with E-state index in [2.05, 4.69) is 37.9 Å². The smallest absolute Gasteiger partial charge is 0.179 e. The molecule has 0 spiro atoms. The fourth-order valence-electron chi connectivity index (χ4n) is 4.13. The molecule has 2 aliphatic rings. The molecule has 1 N–H and O–H groups in total. The fourth-order valence-corrected chi connectivity index (χ4v) is 4.13. The lowest BCUT2D eigenvalue weighted by molar-refractivity contribution is 0.0494. The number of anilines is 1. The quantitative estimate of drug-likeness (QED) is 0.847. The number of carbonyl (C=O) groups excluding carboxylic acids is 1. The topological polar surface area (TPSA) is 41.6 Å². The van der Waals surface area contributed by atoms with Crippen molar-refractivity contribution >= 4 is 11.5 Å². The van der Waals surface area contributed by atoms with E-state index in [0.29, 0.717) is 12.1 Å². The van der Waals surface area contributed by atoms with Crippen molar-refractivity contribution < 1.29 is 9.53 Å². The number of hydrogen-bond donors (Lipinski definition) is 1. The minimum Gasteiger partial charge on any atom is -0.484 e. The molecule has 24 heavy (non-hydrogen) atoms. The van der Waals surface area contributed by atoms with Crippen molar-refractivity contribution in [2.75, 3.05) is 11.9 Å². The van der Waals surface area contributed by atoms with Gasteiger partial charge in [-0.05, 0) is 65.7 Å². The largest absolute Gasteiger partial charge is 0.484 e. The third kappa shape index (κ3) is 3.30. The predicted octanol–water partition coefficient (Wildman–Crippen LogP) is 4.10. The summed E-state index contributed by atoms with van der Waals surface area (Å²) in [4.78, 5) is 15.4. The summed E-state index contributed by atoms with van der Waals surface area (Å²) in [6, 6.07) is 6.61. The molecule has 132 valence electrons. The van der Waals surface area contributed by atoms with Crippen LogP contribution in [-0.2, 0) is 0 Å². The van der Waals surface area contributed by atoms with E-state index in [9.17, 15) is 4.79 Å². The third-order valence-corrected chi connectivity index (χ3v) is 5.44. The first-order valence-corrected chi connectivity index (χ1v) is 9.17. The number of benzene rings is 1. The van der Waals surface area contributed by atoms with Crippen LogP contribution in [0.1, 0.15) is 64.2 Å². The number of rotatable bonds is 3. The van der Waals surface area contributed by atoms with Gasteiger partial charge in [-0.25, -0.2) is 0 Å². The highest BCUT2D eigenvalue weighted by atomic mass is 16.5. The molecule has 0 saturated carbocycles. The lowest BCUT2D eigenvalue weighted by Crippen LogP contribution is -2.51. The Morgan fingerprint density at radius 2 is 1.96 bits per heavy atom. The first-order chi connectivity index (χ1) is 11.3. The molecule has 4 nitrogen and oxygen atoms in total. The van der Waals surface area contributed by atoms with Crippen LogP contribution in [-0.4, -0.2) is 41.0 Å². The molecule has 1 fully saturated rings. The molecule has 1 aromatic carbocycles. The Balaban J connectivity index is 1.80. The molecule has 0 aliphatic carbocycles. The SMILES string of the molecule is CC1CCCC(C)N1C(C)C(=O)c1ccc2c(c1)NCC(C)(C)O2. The van der Waals surface area contributed by atoms with Gasteiger partial charge in [0, 0.05) is 17.6 Å². The molecule has 3 rings (SSSR count). The van der Waals surface area contributed by atoms with Gasteiger partial charge in [-0.2, -0.15) is 0 Å². The fraction of sp³-hybridized carbons (Fsp3) is 0.650. The van der Waals surface area contributed by atoms with Crippen molar-refractivity contribution in [1.29, 1.82) is 0 Å². The molecule has 3 unspecified atom stereocenters. The number of nitrogens with one attached hydrogen (secondary N) is 1. The lowest BCUT2D eigenvalue weighted by Gasteiger charge is -2.42. The van der Waals surface area contributed by atoms with Crippen molar-refractivity contribution in [1.82, 2.24) is 4.90 Å². The summed E-state index contributed by atoms with van der Waals surface area (Å²) < 4.78 is 5.98. The normalized spacial score (nSPS) is 27.5. The second kappa shape index (κ2) is 6.40. The van der Waals surface area contributed by atoms with E-state index in [1.165, 1.54) is 19.3 Å². The number of fused-ring (bicyclic) bond motifs is 1. The summed E-state index contributed by atoms with van der Waals surface area (Å²) in [5, 5.41) is 3.39. The first-order valence-electron chi connectivity index (χ1n) is 9.17. The van der Waals surface area contributed by atoms with Gasteiger partial charge >= 0.3 is 0 Å². The molecular formula is C20H30N2O2. The van der Waals surface area contributed by atoms with Crippen LogP contribution in [0.15, 0.2) is 18.2 Å². The predicted molar refractivity (Wildman–Crippen MR) is 98.0 cm³/mol. The van der Waals surface area contributed by atoms with Gasteiger partial charge in [0.1, 0.15) is 11.4 Å². The molecule has 1 aromatic rings. The molecule has 4 heteroatoms. The number of nitrogens with zero attached hydrogens (tertiary/aromatic N) is 1. The van der Waals surface area contributed by atoms with Gasteiger partial charge in [-0.3, -0.25) is 9.69 Å². The van der Waals surface area contributed by atoms with Crippen LogP contribution in [0.25, 0.3) is 0 Å². The highest BCUT2D eigenvalue weighted by Crippen LogP contribution is 2.34. The van der Waals surface area contributed by atoms with E-state index in [1.54, 1.807) is 0 Å². The average Bonchev–Trinajstić information content (AvgIpc) is 2.52. The Morgan fingerprint density at radius 1 is 1.29 bits per heavy atom. The van der Waals surface area contributed by atoms with E-state index in [0.717, 1.165) is 23.5 Å². The maximum atomic E-state index is 13.0. The van der Waals surface area contributed by atoms with Gasteiger partial charge in [0.05, 0.1) is 18.3 Å². The van der Waals surface area contributed by atoms with Crippen LogP contribution in [0, 0.1) is 0 Å². The minimum absolute atomic E-state index is 0.0886. The summed E-state index contributed by atoms with van der Waals surface area (Å²) in [5.41, 5.74) is 1.47. The van der Waals surface area contributed by atoms with E-state index in [-0.39, 0.29) is 17.4 Å². The first kappa shape index (κ1) is 17.3. The molecule has 0 aromatic heterocycles. The lowest BCUT2D eigenvalue weighted by atomic mass is 9.92. The maximum Gasteiger partial charge on any atom is 0.179 e. The highest BCUT2D eigenvalue weighted by Gasteiger charge is 2.33. The number of Topliss-reactive ketones (excluding diaryl/α,β-unsaturated/α-hetero) is 1. The second-order valence-electron chi connectivity index (χ2n) is 8.04. The summed E-state index contributed by atoms with van der Waals surface area (Å²) in [5.74, 6) is 1.03. The molecule has 0 amide bonds. The van der Waals surface area contributed by atoms with Gasteiger partial charge in [-0.15, -0.1) is 0 Å². The molecule has 2 heterocycles. The van der Waals surface area contributed by atoms with Crippen molar-refractivity contribution in [2.45, 2.75) is 77.6 Å². The monoisotopic (exact) mass is 330 g/mol. The van der Waals surface area contributed by atoms with Gasteiger partial charge in [0.15, 0.2) is 5.78 Å².